The molecule has 1 rings (SSSR count). The van der Waals surface area contributed by atoms with Gasteiger partial charge in [-0.15, -0.1) is 0 Å². The summed E-state index contributed by atoms with van der Waals surface area (Å²) < 4.78 is 27.6. The molecular formula is C10H22N2O3S. The molecule has 1 heterocycles. The standard InChI is InChI=1S/C10H22N2O3S/c1-2-10(13)6-7-11-16(14,15)12-8-4-3-5-9-12/h10-11,13H,2-9H2,1H3. The molecule has 1 fully saturated rings. The van der Waals surface area contributed by atoms with E-state index >= 15 is 0 Å². The molecule has 0 aromatic carbocycles. The Morgan fingerprint density at radius 1 is 1.31 bits per heavy atom. The molecular weight excluding hydrogens is 228 g/mol. The molecule has 1 aliphatic heterocycles. The van der Waals surface area contributed by atoms with Crippen LogP contribution in [0.1, 0.15) is 39.0 Å². The summed E-state index contributed by atoms with van der Waals surface area (Å²) in [6.45, 7) is 3.43. The highest BCUT2D eigenvalue weighted by atomic mass is 32.2. The van der Waals surface area contributed by atoms with E-state index in [1.54, 1.807) is 0 Å². The Morgan fingerprint density at radius 3 is 2.50 bits per heavy atom. The first kappa shape index (κ1) is 13.9. The number of nitrogens with one attached hydrogen (secondary N) is 1. The van der Waals surface area contributed by atoms with E-state index < -0.39 is 16.3 Å². The van der Waals surface area contributed by atoms with Crippen LogP contribution >= 0.6 is 0 Å². The molecule has 0 radical (unpaired) electrons. The SMILES string of the molecule is CCC(O)CCNS(=O)(=O)N1CCCCC1. The lowest BCUT2D eigenvalue weighted by atomic mass is 10.2. The van der Waals surface area contributed by atoms with Crippen molar-refractivity contribution in [2.75, 3.05) is 19.6 Å². The Morgan fingerprint density at radius 2 is 1.94 bits per heavy atom. The highest BCUT2D eigenvalue weighted by Gasteiger charge is 2.23. The molecule has 96 valence electrons. The minimum atomic E-state index is -3.32. The van der Waals surface area contributed by atoms with E-state index in [4.69, 9.17) is 0 Å². The predicted octanol–water partition coefficient (Wildman–Crippen LogP) is 0.468. The van der Waals surface area contributed by atoms with E-state index in [2.05, 4.69) is 4.72 Å². The van der Waals surface area contributed by atoms with Crippen LogP contribution in [-0.4, -0.2) is 43.6 Å². The summed E-state index contributed by atoms with van der Waals surface area (Å²) in [5.41, 5.74) is 0. The van der Waals surface area contributed by atoms with Gasteiger partial charge in [0.25, 0.3) is 10.2 Å². The molecule has 2 N–H and O–H groups in total. The molecule has 0 spiro atoms. The molecule has 0 aromatic heterocycles. The quantitative estimate of drug-likeness (QED) is 0.720. The van der Waals surface area contributed by atoms with Crippen molar-refractivity contribution in [3.05, 3.63) is 0 Å². The fourth-order valence-electron chi connectivity index (χ4n) is 1.76. The highest BCUT2D eigenvalue weighted by molar-refractivity contribution is 7.87. The minimum absolute atomic E-state index is 0.313. The number of hydrogen-bond acceptors (Lipinski definition) is 3. The Hall–Kier alpha value is -0.170. The molecule has 5 nitrogen and oxygen atoms in total. The fourth-order valence-corrected chi connectivity index (χ4v) is 3.05. The van der Waals surface area contributed by atoms with Gasteiger partial charge >= 0.3 is 0 Å². The maximum absolute atomic E-state index is 11.8. The van der Waals surface area contributed by atoms with Gasteiger partial charge in [0.1, 0.15) is 0 Å². The van der Waals surface area contributed by atoms with Crippen LogP contribution in [0.25, 0.3) is 0 Å². The lowest BCUT2D eigenvalue weighted by molar-refractivity contribution is 0.161. The van der Waals surface area contributed by atoms with Gasteiger partial charge in [-0.3, -0.25) is 0 Å². The van der Waals surface area contributed by atoms with Gasteiger partial charge in [-0.05, 0) is 25.7 Å². The predicted molar refractivity (Wildman–Crippen MR) is 63.3 cm³/mol. The average Bonchev–Trinajstić information content (AvgIpc) is 2.30. The third-order valence-electron chi connectivity index (χ3n) is 2.89. The van der Waals surface area contributed by atoms with Crippen LogP contribution < -0.4 is 4.72 Å². The lowest BCUT2D eigenvalue weighted by Crippen LogP contribution is -2.44. The van der Waals surface area contributed by atoms with Gasteiger partial charge in [0.05, 0.1) is 6.10 Å². The van der Waals surface area contributed by atoms with E-state index in [0.29, 0.717) is 32.5 Å². The second-order valence-corrected chi connectivity index (χ2v) is 5.97. The summed E-state index contributed by atoms with van der Waals surface area (Å²) in [4.78, 5) is 0. The third-order valence-corrected chi connectivity index (χ3v) is 4.50. The van der Waals surface area contributed by atoms with Crippen LogP contribution in [0.2, 0.25) is 0 Å². The topological polar surface area (TPSA) is 69.6 Å². The third kappa shape index (κ3) is 4.37. The number of rotatable bonds is 6. The summed E-state index contributed by atoms with van der Waals surface area (Å²) in [5, 5.41) is 9.32. The Balaban J connectivity index is 2.33. The van der Waals surface area contributed by atoms with Gasteiger partial charge in [-0.25, -0.2) is 4.72 Å². The van der Waals surface area contributed by atoms with E-state index in [9.17, 15) is 13.5 Å². The molecule has 1 aliphatic rings. The molecule has 0 bridgehead atoms. The molecule has 0 aromatic rings. The summed E-state index contributed by atoms with van der Waals surface area (Å²) in [5.74, 6) is 0. The molecule has 0 amide bonds. The zero-order valence-corrected chi connectivity index (χ0v) is 10.7. The molecule has 1 unspecified atom stereocenters. The van der Waals surface area contributed by atoms with Crippen LogP contribution in [0.3, 0.4) is 0 Å². The van der Waals surface area contributed by atoms with Crippen LogP contribution in [0.5, 0.6) is 0 Å². The highest BCUT2D eigenvalue weighted by Crippen LogP contribution is 2.11. The summed E-state index contributed by atoms with van der Waals surface area (Å²) in [7, 11) is -3.32. The normalized spacial score (nSPS) is 20.9. The van der Waals surface area contributed by atoms with Crippen molar-refractivity contribution >= 4 is 10.2 Å². The van der Waals surface area contributed by atoms with E-state index in [1.165, 1.54) is 4.31 Å². The van der Waals surface area contributed by atoms with Crippen LogP contribution in [0, 0.1) is 0 Å². The summed E-state index contributed by atoms with van der Waals surface area (Å²) in [6, 6.07) is 0. The van der Waals surface area contributed by atoms with E-state index in [-0.39, 0.29) is 0 Å². The van der Waals surface area contributed by atoms with Crippen LogP contribution in [-0.2, 0) is 10.2 Å². The van der Waals surface area contributed by atoms with Crippen molar-refractivity contribution in [2.24, 2.45) is 0 Å². The maximum atomic E-state index is 11.8. The van der Waals surface area contributed by atoms with Crippen molar-refractivity contribution in [3.63, 3.8) is 0 Å². The van der Waals surface area contributed by atoms with Gasteiger partial charge in [0.2, 0.25) is 0 Å². The Kier molecular flexibility index (Phi) is 5.68. The molecule has 6 heteroatoms. The number of piperidine rings is 1. The second-order valence-electron chi connectivity index (χ2n) is 4.21. The summed E-state index contributed by atoms with van der Waals surface area (Å²) in [6.07, 6.45) is 3.72. The van der Waals surface area contributed by atoms with Crippen molar-refractivity contribution in [1.29, 1.82) is 0 Å². The molecule has 1 atom stereocenters. The monoisotopic (exact) mass is 250 g/mol. The number of nitrogens with zero attached hydrogens (tertiary/aromatic N) is 1. The van der Waals surface area contributed by atoms with Gasteiger partial charge in [0.15, 0.2) is 0 Å². The zero-order chi connectivity index (χ0) is 12.0. The van der Waals surface area contributed by atoms with Crippen LogP contribution in [0.4, 0.5) is 0 Å². The first-order chi connectivity index (χ1) is 7.56. The zero-order valence-electron chi connectivity index (χ0n) is 9.85. The van der Waals surface area contributed by atoms with E-state index in [0.717, 1.165) is 19.3 Å². The molecule has 0 aliphatic carbocycles. The maximum Gasteiger partial charge on any atom is 0.279 e. The number of aliphatic hydroxyl groups is 1. The Labute approximate surface area is 98.0 Å². The van der Waals surface area contributed by atoms with Crippen LogP contribution in [0.15, 0.2) is 0 Å². The van der Waals surface area contributed by atoms with Gasteiger partial charge in [-0.1, -0.05) is 13.3 Å². The minimum Gasteiger partial charge on any atom is -0.393 e. The smallest absolute Gasteiger partial charge is 0.279 e. The van der Waals surface area contributed by atoms with Crippen molar-refractivity contribution < 1.29 is 13.5 Å². The van der Waals surface area contributed by atoms with Gasteiger partial charge in [0, 0.05) is 19.6 Å². The van der Waals surface area contributed by atoms with Crippen molar-refractivity contribution in [3.8, 4) is 0 Å². The Bertz CT molecular complexity index is 286. The lowest BCUT2D eigenvalue weighted by Gasteiger charge is -2.26. The van der Waals surface area contributed by atoms with E-state index in [1.807, 2.05) is 6.92 Å². The average molecular weight is 250 g/mol. The first-order valence-corrected chi connectivity index (χ1v) is 7.43. The van der Waals surface area contributed by atoms with Crippen molar-refractivity contribution in [1.82, 2.24) is 9.03 Å². The summed E-state index contributed by atoms with van der Waals surface area (Å²) >= 11 is 0. The number of hydrogen-bond donors (Lipinski definition) is 2. The first-order valence-electron chi connectivity index (χ1n) is 5.99. The van der Waals surface area contributed by atoms with Gasteiger partial charge in [-0.2, -0.15) is 12.7 Å². The van der Waals surface area contributed by atoms with Crippen molar-refractivity contribution in [2.45, 2.75) is 45.1 Å². The fraction of sp³-hybridized carbons (Fsp3) is 1.00. The van der Waals surface area contributed by atoms with Gasteiger partial charge < -0.3 is 5.11 Å². The molecule has 0 saturated carbocycles. The molecule has 1 saturated heterocycles. The molecule has 16 heavy (non-hydrogen) atoms. The second kappa shape index (κ2) is 6.54. The number of aliphatic hydroxyl groups excluding tert-OH is 1. The largest absolute Gasteiger partial charge is 0.393 e.